The van der Waals surface area contributed by atoms with Gasteiger partial charge in [0.2, 0.25) is 0 Å². The van der Waals surface area contributed by atoms with Crippen LogP contribution in [0.2, 0.25) is 0 Å². The van der Waals surface area contributed by atoms with Gasteiger partial charge in [0.05, 0.1) is 6.10 Å². The average molecular weight is 334 g/mol. The molecule has 4 nitrogen and oxygen atoms in total. The standard InChI is InChI=1S/C20H30O4/c1-13(2)19(21)24-18-16-9-14-8-15(10-16)12-20(18,11-14)23-6-3-4-17-5-7-22-17/h14-18H,1,3-12H2,2H3. The molecule has 5 rings (SSSR count). The molecule has 5 fully saturated rings. The summed E-state index contributed by atoms with van der Waals surface area (Å²) in [6.07, 6.45) is 9.56. The molecule has 0 N–H and O–H groups in total. The minimum absolute atomic E-state index is 0.0746. The average Bonchev–Trinajstić information content (AvgIpc) is 2.48. The second-order valence-corrected chi connectivity index (χ2v) is 8.55. The van der Waals surface area contributed by atoms with Gasteiger partial charge in [-0.15, -0.1) is 0 Å². The zero-order chi connectivity index (χ0) is 16.7. The van der Waals surface area contributed by atoms with Gasteiger partial charge >= 0.3 is 5.97 Å². The Labute approximate surface area is 144 Å². The van der Waals surface area contributed by atoms with Crippen LogP contribution in [-0.4, -0.2) is 37.0 Å². The Kier molecular flexibility index (Phi) is 4.46. The van der Waals surface area contributed by atoms with Gasteiger partial charge in [0.15, 0.2) is 0 Å². The number of carbonyl (C=O) groups excluding carboxylic acids is 1. The number of hydrogen-bond acceptors (Lipinski definition) is 4. The molecule has 4 aliphatic carbocycles. The van der Waals surface area contributed by atoms with E-state index >= 15 is 0 Å². The molecule has 0 amide bonds. The Morgan fingerprint density at radius 3 is 2.54 bits per heavy atom. The van der Waals surface area contributed by atoms with Crippen LogP contribution in [0.5, 0.6) is 0 Å². The van der Waals surface area contributed by atoms with Crippen LogP contribution in [-0.2, 0) is 19.0 Å². The highest BCUT2D eigenvalue weighted by atomic mass is 16.6. The summed E-state index contributed by atoms with van der Waals surface area (Å²) in [5, 5.41) is 0. The summed E-state index contributed by atoms with van der Waals surface area (Å²) in [4.78, 5) is 12.1. The lowest BCUT2D eigenvalue weighted by molar-refractivity contribution is -0.240. The van der Waals surface area contributed by atoms with Gasteiger partial charge in [-0.05, 0) is 76.0 Å². The third-order valence-electron chi connectivity index (χ3n) is 6.59. The Balaban J connectivity index is 1.41. The van der Waals surface area contributed by atoms with E-state index in [9.17, 15) is 4.79 Å². The van der Waals surface area contributed by atoms with Gasteiger partial charge < -0.3 is 14.2 Å². The molecule has 1 aliphatic heterocycles. The molecule has 4 bridgehead atoms. The molecule has 1 heterocycles. The van der Waals surface area contributed by atoms with E-state index in [-0.39, 0.29) is 17.7 Å². The first-order chi connectivity index (χ1) is 11.6. The second kappa shape index (κ2) is 6.45. The first-order valence-corrected chi connectivity index (χ1v) is 9.68. The van der Waals surface area contributed by atoms with Crippen molar-refractivity contribution in [3.05, 3.63) is 12.2 Å². The van der Waals surface area contributed by atoms with Crippen molar-refractivity contribution in [3.63, 3.8) is 0 Å². The van der Waals surface area contributed by atoms with Gasteiger partial charge in [0, 0.05) is 18.8 Å². The van der Waals surface area contributed by atoms with E-state index < -0.39 is 0 Å². The van der Waals surface area contributed by atoms with Gasteiger partial charge in [-0.2, -0.15) is 0 Å². The molecule has 0 aromatic carbocycles. The number of carbonyl (C=O) groups is 1. The fourth-order valence-corrected chi connectivity index (χ4v) is 5.64. The lowest BCUT2D eigenvalue weighted by atomic mass is 9.52. The van der Waals surface area contributed by atoms with E-state index in [0.29, 0.717) is 17.6 Å². The molecule has 24 heavy (non-hydrogen) atoms. The van der Waals surface area contributed by atoms with Crippen molar-refractivity contribution in [1.82, 2.24) is 0 Å². The first-order valence-electron chi connectivity index (χ1n) is 9.68. The van der Waals surface area contributed by atoms with Crippen molar-refractivity contribution >= 4 is 5.97 Å². The number of hydrogen-bond donors (Lipinski definition) is 0. The lowest BCUT2D eigenvalue weighted by Crippen LogP contribution is -2.63. The highest BCUT2D eigenvalue weighted by Crippen LogP contribution is 2.58. The maximum absolute atomic E-state index is 12.1. The topological polar surface area (TPSA) is 44.8 Å². The maximum Gasteiger partial charge on any atom is 0.333 e. The van der Waals surface area contributed by atoms with Crippen molar-refractivity contribution in [3.8, 4) is 0 Å². The van der Waals surface area contributed by atoms with Crippen molar-refractivity contribution in [2.75, 3.05) is 13.2 Å². The molecule has 4 unspecified atom stereocenters. The van der Waals surface area contributed by atoms with Crippen molar-refractivity contribution in [1.29, 1.82) is 0 Å². The quantitative estimate of drug-likeness (QED) is 0.405. The highest BCUT2D eigenvalue weighted by Gasteiger charge is 2.59. The van der Waals surface area contributed by atoms with E-state index in [1.54, 1.807) is 6.92 Å². The predicted molar refractivity (Wildman–Crippen MR) is 90.5 cm³/mol. The summed E-state index contributed by atoms with van der Waals surface area (Å²) in [7, 11) is 0. The Morgan fingerprint density at radius 1 is 1.25 bits per heavy atom. The fourth-order valence-electron chi connectivity index (χ4n) is 5.64. The molecule has 0 radical (unpaired) electrons. The van der Waals surface area contributed by atoms with Crippen LogP contribution in [0.4, 0.5) is 0 Å². The Hall–Kier alpha value is -0.870. The molecule has 5 aliphatic rings. The van der Waals surface area contributed by atoms with E-state index in [1.807, 2.05) is 0 Å². The molecule has 4 atom stereocenters. The van der Waals surface area contributed by atoms with E-state index in [2.05, 4.69) is 6.58 Å². The van der Waals surface area contributed by atoms with Gasteiger partial charge in [0.25, 0.3) is 0 Å². The summed E-state index contributed by atoms with van der Waals surface area (Å²) >= 11 is 0. The number of esters is 1. The van der Waals surface area contributed by atoms with Crippen molar-refractivity contribution in [2.45, 2.75) is 76.1 Å². The lowest BCUT2D eigenvalue weighted by Gasteiger charge is -2.59. The third kappa shape index (κ3) is 3.03. The SMILES string of the molecule is C=C(C)C(=O)OC1C2CC3CC(C2)CC1(OCCCC1CCO1)C3. The monoisotopic (exact) mass is 334 g/mol. The molecule has 134 valence electrons. The molecular weight excluding hydrogens is 304 g/mol. The number of rotatable bonds is 7. The predicted octanol–water partition coefficient (Wildman–Crippen LogP) is 3.64. The first kappa shape index (κ1) is 16.6. The van der Waals surface area contributed by atoms with Crippen LogP contribution >= 0.6 is 0 Å². The Bertz CT molecular complexity index is 496. The maximum atomic E-state index is 12.1. The summed E-state index contributed by atoms with van der Waals surface area (Å²) in [6, 6.07) is 0. The van der Waals surface area contributed by atoms with Crippen LogP contribution < -0.4 is 0 Å². The largest absolute Gasteiger partial charge is 0.456 e. The normalized spacial score (nSPS) is 42.6. The third-order valence-corrected chi connectivity index (χ3v) is 6.59. The molecule has 0 spiro atoms. The smallest absolute Gasteiger partial charge is 0.333 e. The zero-order valence-corrected chi connectivity index (χ0v) is 14.8. The van der Waals surface area contributed by atoms with Gasteiger partial charge in [0.1, 0.15) is 11.7 Å². The highest BCUT2D eigenvalue weighted by molar-refractivity contribution is 5.87. The zero-order valence-electron chi connectivity index (χ0n) is 14.8. The van der Waals surface area contributed by atoms with E-state index in [4.69, 9.17) is 14.2 Å². The summed E-state index contributed by atoms with van der Waals surface area (Å²) in [5.41, 5.74) is 0.251. The van der Waals surface area contributed by atoms with Crippen molar-refractivity contribution < 1.29 is 19.0 Å². The Morgan fingerprint density at radius 2 is 1.96 bits per heavy atom. The minimum Gasteiger partial charge on any atom is -0.456 e. The number of ether oxygens (including phenoxy) is 3. The van der Waals surface area contributed by atoms with Crippen LogP contribution in [0.3, 0.4) is 0 Å². The van der Waals surface area contributed by atoms with Gasteiger partial charge in [-0.1, -0.05) is 6.58 Å². The fraction of sp³-hybridized carbons (Fsp3) is 0.850. The van der Waals surface area contributed by atoms with Crippen LogP contribution in [0.25, 0.3) is 0 Å². The second-order valence-electron chi connectivity index (χ2n) is 8.55. The summed E-state index contributed by atoms with van der Waals surface area (Å²) in [6.45, 7) is 7.14. The van der Waals surface area contributed by atoms with Crippen LogP contribution in [0.1, 0.15) is 58.3 Å². The summed E-state index contributed by atoms with van der Waals surface area (Å²) < 4.78 is 17.9. The molecule has 4 heteroatoms. The molecular formula is C20H30O4. The molecule has 1 saturated heterocycles. The minimum atomic E-state index is -0.252. The van der Waals surface area contributed by atoms with E-state index in [1.165, 1.54) is 25.7 Å². The van der Waals surface area contributed by atoms with Crippen LogP contribution in [0, 0.1) is 17.8 Å². The van der Waals surface area contributed by atoms with Crippen molar-refractivity contribution in [2.24, 2.45) is 17.8 Å². The van der Waals surface area contributed by atoms with Gasteiger partial charge in [-0.25, -0.2) is 4.79 Å². The molecule has 4 saturated carbocycles. The molecule has 0 aromatic rings. The summed E-state index contributed by atoms with van der Waals surface area (Å²) in [5.74, 6) is 1.75. The molecule has 0 aromatic heterocycles. The van der Waals surface area contributed by atoms with Gasteiger partial charge in [-0.3, -0.25) is 0 Å². The van der Waals surface area contributed by atoms with Crippen LogP contribution in [0.15, 0.2) is 12.2 Å². The van der Waals surface area contributed by atoms with E-state index in [0.717, 1.165) is 50.7 Å².